The number of hydrogen-bond acceptors (Lipinski definition) is 2. The van der Waals surface area contributed by atoms with Crippen molar-refractivity contribution in [3.63, 3.8) is 0 Å². The lowest BCUT2D eigenvalue weighted by molar-refractivity contribution is 0.184. The van der Waals surface area contributed by atoms with Crippen LogP contribution in [0.4, 0.5) is 0 Å². The lowest BCUT2D eigenvalue weighted by Crippen LogP contribution is -2.56. The third-order valence-electron chi connectivity index (χ3n) is 4.18. The molecule has 5 heteroatoms. The molecule has 1 aliphatic carbocycles. The van der Waals surface area contributed by atoms with Crippen LogP contribution in [0.15, 0.2) is 30.3 Å². The second-order valence-corrected chi connectivity index (χ2v) is 7.70. The van der Waals surface area contributed by atoms with Gasteiger partial charge in [0.1, 0.15) is 0 Å². The number of nitrogens with zero attached hydrogens (tertiary/aromatic N) is 2. The molecule has 0 radical (unpaired) electrons. The highest BCUT2D eigenvalue weighted by Crippen LogP contribution is 2.33. The van der Waals surface area contributed by atoms with Gasteiger partial charge in [-0.2, -0.15) is 17.0 Å². The minimum Gasteiger partial charge on any atom is -0.195 e. The molecule has 0 bridgehead atoms. The van der Waals surface area contributed by atoms with Crippen LogP contribution in [-0.4, -0.2) is 42.7 Å². The number of benzene rings is 1. The summed E-state index contributed by atoms with van der Waals surface area (Å²) in [7, 11) is -3.21. The van der Waals surface area contributed by atoms with Crippen LogP contribution < -0.4 is 0 Å². The van der Waals surface area contributed by atoms with Crippen LogP contribution in [0.1, 0.15) is 25.3 Å². The maximum absolute atomic E-state index is 12.5. The molecule has 0 unspecified atom stereocenters. The topological polar surface area (TPSA) is 40.6 Å². The summed E-state index contributed by atoms with van der Waals surface area (Å²) < 4.78 is 28.3. The van der Waals surface area contributed by atoms with Crippen molar-refractivity contribution >= 4 is 10.2 Å². The Balaban J connectivity index is 1.57. The summed E-state index contributed by atoms with van der Waals surface area (Å²) in [6, 6.07) is 10.6. The zero-order valence-corrected chi connectivity index (χ0v) is 12.7. The van der Waals surface area contributed by atoms with E-state index < -0.39 is 10.2 Å². The van der Waals surface area contributed by atoms with Gasteiger partial charge in [-0.15, -0.1) is 0 Å². The molecule has 1 heterocycles. The number of hydrogen-bond donors (Lipinski definition) is 0. The van der Waals surface area contributed by atoms with Gasteiger partial charge in [0, 0.05) is 25.7 Å². The van der Waals surface area contributed by atoms with Crippen LogP contribution in [0.25, 0.3) is 0 Å². The Kier molecular flexibility index (Phi) is 3.84. The molecular formula is C15H22N2O2S. The molecule has 0 N–H and O–H groups in total. The first-order valence-electron chi connectivity index (χ1n) is 7.42. The summed E-state index contributed by atoms with van der Waals surface area (Å²) >= 11 is 0. The fourth-order valence-electron chi connectivity index (χ4n) is 2.91. The molecule has 2 fully saturated rings. The Labute approximate surface area is 121 Å². The minimum absolute atomic E-state index is 0.262. The molecule has 0 atom stereocenters. The Morgan fingerprint density at radius 2 is 1.85 bits per heavy atom. The summed E-state index contributed by atoms with van der Waals surface area (Å²) in [6.07, 6.45) is 3.02. The Morgan fingerprint density at radius 3 is 2.40 bits per heavy atom. The summed E-state index contributed by atoms with van der Waals surface area (Å²) in [6.45, 7) is 3.85. The lowest BCUT2D eigenvalue weighted by Gasteiger charge is -2.40. The van der Waals surface area contributed by atoms with Crippen molar-refractivity contribution in [3.8, 4) is 0 Å². The normalized spacial score (nSPS) is 21.1. The monoisotopic (exact) mass is 294 g/mol. The summed E-state index contributed by atoms with van der Waals surface area (Å²) in [5.41, 5.74) is 1.30. The molecule has 0 amide bonds. The molecule has 0 aromatic heterocycles. The van der Waals surface area contributed by atoms with Crippen molar-refractivity contribution in [2.75, 3.05) is 19.6 Å². The average Bonchev–Trinajstić information content (AvgIpc) is 3.19. The fourth-order valence-corrected chi connectivity index (χ4v) is 4.92. The first-order chi connectivity index (χ1) is 9.61. The number of rotatable bonds is 6. The lowest BCUT2D eigenvalue weighted by atomic mass is 9.94. The van der Waals surface area contributed by atoms with E-state index in [1.807, 2.05) is 25.1 Å². The maximum atomic E-state index is 12.5. The SMILES string of the molecule is CCN(C1CC1)S(=O)(=O)N1CC(Cc2ccccc2)C1. The molecule has 1 aliphatic heterocycles. The fraction of sp³-hybridized carbons (Fsp3) is 0.600. The second kappa shape index (κ2) is 5.47. The van der Waals surface area contributed by atoms with E-state index in [0.717, 1.165) is 19.3 Å². The first kappa shape index (κ1) is 14.0. The summed E-state index contributed by atoms with van der Waals surface area (Å²) in [4.78, 5) is 0. The van der Waals surface area contributed by atoms with Crippen LogP contribution in [0.3, 0.4) is 0 Å². The Morgan fingerprint density at radius 1 is 1.20 bits per heavy atom. The molecule has 1 saturated heterocycles. The van der Waals surface area contributed by atoms with Crippen LogP contribution in [0.2, 0.25) is 0 Å². The van der Waals surface area contributed by atoms with Crippen molar-refractivity contribution in [1.29, 1.82) is 0 Å². The Hall–Kier alpha value is -0.910. The van der Waals surface area contributed by atoms with Crippen LogP contribution in [-0.2, 0) is 16.6 Å². The van der Waals surface area contributed by atoms with E-state index in [4.69, 9.17) is 0 Å². The molecular weight excluding hydrogens is 272 g/mol. The molecule has 2 aliphatic rings. The van der Waals surface area contributed by atoms with Gasteiger partial charge >= 0.3 is 0 Å². The molecule has 110 valence electrons. The van der Waals surface area contributed by atoms with Crippen molar-refractivity contribution in [2.45, 2.75) is 32.2 Å². The molecule has 4 nitrogen and oxygen atoms in total. The molecule has 1 aromatic carbocycles. The molecule has 1 saturated carbocycles. The molecule has 20 heavy (non-hydrogen) atoms. The van der Waals surface area contributed by atoms with Crippen molar-refractivity contribution in [3.05, 3.63) is 35.9 Å². The van der Waals surface area contributed by atoms with E-state index in [1.165, 1.54) is 5.56 Å². The van der Waals surface area contributed by atoms with E-state index in [1.54, 1.807) is 8.61 Å². The van der Waals surface area contributed by atoms with Gasteiger partial charge in [0.05, 0.1) is 0 Å². The van der Waals surface area contributed by atoms with E-state index in [0.29, 0.717) is 25.6 Å². The molecule has 0 spiro atoms. The maximum Gasteiger partial charge on any atom is 0.282 e. The standard InChI is InChI=1S/C15H22N2O2S/c1-2-17(15-8-9-15)20(18,19)16-11-14(12-16)10-13-6-4-3-5-7-13/h3-7,14-15H,2,8-12H2,1H3. The molecule has 1 aromatic rings. The first-order valence-corrected chi connectivity index (χ1v) is 8.81. The Bertz CT molecular complexity index is 548. The van der Waals surface area contributed by atoms with E-state index >= 15 is 0 Å². The summed E-state index contributed by atoms with van der Waals surface area (Å²) in [5, 5.41) is 0. The zero-order valence-electron chi connectivity index (χ0n) is 11.9. The highest BCUT2D eigenvalue weighted by molar-refractivity contribution is 7.86. The predicted molar refractivity (Wildman–Crippen MR) is 79.5 cm³/mol. The largest absolute Gasteiger partial charge is 0.282 e. The van der Waals surface area contributed by atoms with Crippen LogP contribution >= 0.6 is 0 Å². The van der Waals surface area contributed by atoms with Crippen molar-refractivity contribution in [1.82, 2.24) is 8.61 Å². The van der Waals surface area contributed by atoms with Gasteiger partial charge in [-0.1, -0.05) is 37.3 Å². The van der Waals surface area contributed by atoms with Crippen LogP contribution in [0, 0.1) is 5.92 Å². The van der Waals surface area contributed by atoms with Gasteiger partial charge in [-0.25, -0.2) is 0 Å². The third-order valence-corrected chi connectivity index (χ3v) is 6.28. The van der Waals surface area contributed by atoms with Gasteiger partial charge in [0.2, 0.25) is 0 Å². The van der Waals surface area contributed by atoms with Crippen LogP contribution in [0.5, 0.6) is 0 Å². The molecule has 3 rings (SSSR count). The second-order valence-electron chi connectivity index (χ2n) is 5.82. The smallest absolute Gasteiger partial charge is 0.195 e. The third kappa shape index (κ3) is 2.75. The van der Waals surface area contributed by atoms with Gasteiger partial charge in [0.25, 0.3) is 10.2 Å². The predicted octanol–water partition coefficient (Wildman–Crippen LogP) is 1.89. The minimum atomic E-state index is -3.21. The van der Waals surface area contributed by atoms with Gasteiger partial charge in [-0.3, -0.25) is 0 Å². The van der Waals surface area contributed by atoms with Crippen molar-refractivity contribution < 1.29 is 8.42 Å². The summed E-state index contributed by atoms with van der Waals surface area (Å²) in [5.74, 6) is 0.463. The van der Waals surface area contributed by atoms with Gasteiger partial charge in [0.15, 0.2) is 0 Å². The van der Waals surface area contributed by atoms with E-state index in [2.05, 4.69) is 12.1 Å². The average molecular weight is 294 g/mol. The highest BCUT2D eigenvalue weighted by Gasteiger charge is 2.43. The van der Waals surface area contributed by atoms with E-state index in [-0.39, 0.29) is 6.04 Å². The van der Waals surface area contributed by atoms with E-state index in [9.17, 15) is 8.42 Å². The van der Waals surface area contributed by atoms with Gasteiger partial charge in [-0.05, 0) is 30.7 Å². The quantitative estimate of drug-likeness (QED) is 0.804. The zero-order chi connectivity index (χ0) is 14.2. The van der Waals surface area contributed by atoms with Gasteiger partial charge < -0.3 is 0 Å². The highest BCUT2D eigenvalue weighted by atomic mass is 32.2. The van der Waals surface area contributed by atoms with Crippen molar-refractivity contribution in [2.24, 2.45) is 5.92 Å².